The molecule has 0 saturated carbocycles. The van der Waals surface area contributed by atoms with Crippen LogP contribution in [0.15, 0.2) is 109 Å². The molecular weight excluding hydrogens is 1060 g/mol. The highest BCUT2D eigenvalue weighted by Crippen LogP contribution is 2.50. The normalized spacial score (nSPS) is 19.4. The lowest BCUT2D eigenvalue weighted by Gasteiger charge is -2.46. The molecule has 0 unspecified atom stereocenters. The van der Waals surface area contributed by atoms with E-state index in [0.717, 1.165) is 0 Å². The smallest absolute Gasteiger partial charge is 0.252 e. The predicted octanol–water partition coefficient (Wildman–Crippen LogP) is 21.5. The van der Waals surface area contributed by atoms with Gasteiger partial charge in [0.15, 0.2) is 0 Å². The van der Waals surface area contributed by atoms with E-state index in [-0.39, 0.29) is 6.71 Å². The first-order chi connectivity index (χ1) is 43.7. The van der Waals surface area contributed by atoms with Crippen molar-refractivity contribution in [1.82, 2.24) is 0 Å². The van der Waals surface area contributed by atoms with Gasteiger partial charge in [0.2, 0.25) is 0 Å². The van der Waals surface area contributed by atoms with E-state index in [9.17, 15) is 0 Å². The SMILES string of the molecule is c1cc2c(cc1N(c1ccc3c(c1)CCCCCCC3)c1cc3c4c(c1)N(c1ccc5c(c1)CCCCCCC5)c1cc5c(cc1B4c1cc4c(cc1N3c1ccc3c(c1)CCCCCCC3)CCCCCCC4)CCCCCCC5)CCCCCCC2. The van der Waals surface area contributed by atoms with Crippen LogP contribution >= 0.6 is 0 Å². The second kappa shape index (κ2) is 27.2. The first kappa shape index (κ1) is 58.4. The molecule has 7 aromatic rings. The van der Waals surface area contributed by atoms with Gasteiger partial charge >= 0.3 is 0 Å². The fraction of sp³-hybridized carbons (Fsp3) is 0.500. The van der Waals surface area contributed by atoms with Crippen LogP contribution in [-0.4, -0.2) is 6.71 Å². The van der Waals surface area contributed by atoms with Crippen LogP contribution < -0.4 is 31.1 Å². The van der Waals surface area contributed by atoms with Crippen LogP contribution in [0, 0.1) is 0 Å². The summed E-state index contributed by atoms with van der Waals surface area (Å²) in [6, 6.07) is 48.0. The Bertz CT molecular complexity index is 3390. The molecule has 2 aliphatic heterocycles. The van der Waals surface area contributed by atoms with Crippen molar-refractivity contribution in [2.24, 2.45) is 0 Å². The standard InChI is InChI=1S/C84H102BN3/c1-7-19-31-61-43-47-73(51-65(61)35-23-11-1)86(74-48-44-62-32-20-8-2-12-24-36-66(62)52-74)77-59-82-84-83(60-77)88(76-50-46-64-34-22-10-4-14-26-38-68(64)54-76)81-58-72-42-30-18-6-16-28-40-70(72)56-79(81)85(84)78-55-69-39-27-15-5-17-29-41-71(69)57-80(78)87(82)75-49-45-63-33-21-9-3-13-25-37-67(63)53-75/h43-60H,1-42H2. The number of rotatable bonds is 5. The van der Waals surface area contributed by atoms with Crippen LogP contribution in [0.4, 0.5) is 51.2 Å². The minimum Gasteiger partial charge on any atom is -0.311 e. The molecule has 6 aliphatic carbocycles. The van der Waals surface area contributed by atoms with Gasteiger partial charge in [-0.25, -0.2) is 0 Å². The van der Waals surface area contributed by atoms with Crippen molar-refractivity contribution in [1.29, 1.82) is 0 Å². The Morgan fingerprint density at radius 1 is 0.216 bits per heavy atom. The minimum absolute atomic E-state index is 0.0993. The Balaban J connectivity index is 1.04. The molecule has 0 atom stereocenters. The summed E-state index contributed by atoms with van der Waals surface area (Å²) in [5.74, 6) is 0. The molecule has 456 valence electrons. The van der Waals surface area contributed by atoms with E-state index in [0.29, 0.717) is 0 Å². The largest absolute Gasteiger partial charge is 0.311 e. The number of anilines is 9. The number of benzene rings is 7. The average Bonchev–Trinajstić information content (AvgIpc) is 0.717. The van der Waals surface area contributed by atoms with Gasteiger partial charge in [0.25, 0.3) is 6.71 Å². The van der Waals surface area contributed by atoms with Gasteiger partial charge in [-0.2, -0.15) is 0 Å². The average molecular weight is 1160 g/mol. The fourth-order valence-corrected chi connectivity index (χ4v) is 18.2. The number of nitrogens with zero attached hydrogens (tertiary/aromatic N) is 3. The Morgan fingerprint density at radius 2 is 0.477 bits per heavy atom. The van der Waals surface area contributed by atoms with Gasteiger partial charge in [-0.15, -0.1) is 0 Å². The molecular formula is C84H102BN3. The molecule has 15 rings (SSSR count). The third-order valence-electron chi connectivity index (χ3n) is 23.1. The summed E-state index contributed by atoms with van der Waals surface area (Å²) in [7, 11) is 0. The van der Waals surface area contributed by atoms with E-state index in [2.05, 4.69) is 124 Å². The van der Waals surface area contributed by atoms with Gasteiger partial charge < -0.3 is 14.7 Å². The summed E-state index contributed by atoms with van der Waals surface area (Å²) in [6.45, 7) is 0.0993. The Morgan fingerprint density at radius 3 is 0.807 bits per heavy atom. The third kappa shape index (κ3) is 12.2. The molecule has 2 heterocycles. The first-order valence-electron chi connectivity index (χ1n) is 37.0. The van der Waals surface area contributed by atoms with Crippen LogP contribution in [-0.2, 0) is 77.0 Å². The molecule has 0 fully saturated rings. The molecule has 0 spiro atoms. The topological polar surface area (TPSA) is 9.72 Å². The van der Waals surface area contributed by atoms with E-state index in [1.165, 1.54) is 337 Å². The number of fused-ring (bicyclic) bond motifs is 10. The monoisotopic (exact) mass is 1160 g/mol. The molecule has 0 radical (unpaired) electrons. The van der Waals surface area contributed by atoms with Crippen molar-refractivity contribution in [3.8, 4) is 0 Å². The van der Waals surface area contributed by atoms with Crippen molar-refractivity contribution < 1.29 is 0 Å². The summed E-state index contributed by atoms with van der Waals surface area (Å²) in [6.07, 6.45) is 53.8. The summed E-state index contributed by atoms with van der Waals surface area (Å²) < 4.78 is 0. The lowest BCUT2D eigenvalue weighted by Crippen LogP contribution is -2.61. The highest BCUT2D eigenvalue weighted by molar-refractivity contribution is 7.00. The lowest BCUT2D eigenvalue weighted by atomic mass is 9.33. The Labute approximate surface area is 531 Å². The molecule has 88 heavy (non-hydrogen) atoms. The van der Waals surface area contributed by atoms with Gasteiger partial charge in [-0.1, -0.05) is 152 Å². The molecule has 0 amide bonds. The zero-order valence-corrected chi connectivity index (χ0v) is 54.0. The van der Waals surface area contributed by atoms with Crippen molar-refractivity contribution in [2.75, 3.05) is 14.7 Å². The first-order valence-corrected chi connectivity index (χ1v) is 37.0. The van der Waals surface area contributed by atoms with Crippen molar-refractivity contribution in [3.05, 3.63) is 176 Å². The predicted molar refractivity (Wildman–Crippen MR) is 378 cm³/mol. The molecule has 0 saturated heterocycles. The van der Waals surface area contributed by atoms with Gasteiger partial charge in [-0.05, 0) is 310 Å². The molecule has 0 N–H and O–H groups in total. The molecule has 3 nitrogen and oxygen atoms in total. The summed E-state index contributed by atoms with van der Waals surface area (Å²) in [5.41, 5.74) is 35.9. The zero-order chi connectivity index (χ0) is 58.6. The van der Waals surface area contributed by atoms with Crippen molar-refractivity contribution >= 4 is 74.3 Å². The van der Waals surface area contributed by atoms with Crippen LogP contribution in [0.1, 0.15) is 259 Å². The van der Waals surface area contributed by atoms with Crippen molar-refractivity contribution in [2.45, 2.75) is 270 Å². The third-order valence-corrected chi connectivity index (χ3v) is 23.1. The van der Waals surface area contributed by atoms with E-state index in [4.69, 9.17) is 0 Å². The lowest BCUT2D eigenvalue weighted by molar-refractivity contribution is 0.629. The zero-order valence-electron chi connectivity index (χ0n) is 54.0. The Hall–Kier alpha value is -6.00. The minimum atomic E-state index is 0.0993. The van der Waals surface area contributed by atoms with E-state index in [1.807, 2.05) is 0 Å². The van der Waals surface area contributed by atoms with Crippen LogP contribution in [0.2, 0.25) is 0 Å². The number of hydrogen-bond donors (Lipinski definition) is 0. The summed E-state index contributed by atoms with van der Waals surface area (Å²) >= 11 is 0. The summed E-state index contributed by atoms with van der Waals surface area (Å²) in [5, 5.41) is 0. The molecule has 0 bridgehead atoms. The number of hydrogen-bond acceptors (Lipinski definition) is 3. The highest BCUT2D eigenvalue weighted by Gasteiger charge is 2.45. The second-order valence-corrected chi connectivity index (χ2v) is 29.1. The fourth-order valence-electron chi connectivity index (χ4n) is 18.2. The number of aryl methyl sites for hydroxylation is 12. The summed E-state index contributed by atoms with van der Waals surface area (Å²) in [4.78, 5) is 8.51. The maximum Gasteiger partial charge on any atom is 0.252 e. The highest BCUT2D eigenvalue weighted by atomic mass is 15.2. The molecule has 0 aromatic heterocycles. The Kier molecular flexibility index (Phi) is 18.1. The maximum absolute atomic E-state index is 2.87. The quantitative estimate of drug-likeness (QED) is 0.159. The van der Waals surface area contributed by atoms with Crippen molar-refractivity contribution in [3.63, 3.8) is 0 Å². The van der Waals surface area contributed by atoms with Crippen LogP contribution in [0.3, 0.4) is 0 Å². The molecule has 7 aromatic carbocycles. The van der Waals surface area contributed by atoms with E-state index < -0.39 is 0 Å². The van der Waals surface area contributed by atoms with Gasteiger partial charge in [0.1, 0.15) is 0 Å². The van der Waals surface area contributed by atoms with Gasteiger partial charge in [-0.3, -0.25) is 0 Å². The maximum atomic E-state index is 2.87. The van der Waals surface area contributed by atoms with Gasteiger partial charge in [0, 0.05) is 45.5 Å². The van der Waals surface area contributed by atoms with Crippen LogP contribution in [0.25, 0.3) is 0 Å². The van der Waals surface area contributed by atoms with Gasteiger partial charge in [0.05, 0.1) is 5.69 Å². The molecule has 8 aliphatic rings. The molecule has 4 heteroatoms. The van der Waals surface area contributed by atoms with E-state index >= 15 is 0 Å². The van der Waals surface area contributed by atoms with Crippen LogP contribution in [0.5, 0.6) is 0 Å². The second-order valence-electron chi connectivity index (χ2n) is 29.1. The van der Waals surface area contributed by atoms with E-state index in [1.54, 1.807) is 66.8 Å².